The Bertz CT molecular complexity index is 387. The number of rotatable bonds is 4. The van der Waals surface area contributed by atoms with Gasteiger partial charge in [0, 0.05) is 11.5 Å². The lowest BCUT2D eigenvalue weighted by atomic mass is 10.1. The summed E-state index contributed by atoms with van der Waals surface area (Å²) in [6, 6.07) is 7.89. The van der Waals surface area contributed by atoms with Crippen LogP contribution in [0.15, 0.2) is 42.0 Å². The average Bonchev–Trinajstić information content (AvgIpc) is 2.25. The molecule has 0 aliphatic carbocycles. The summed E-state index contributed by atoms with van der Waals surface area (Å²) in [6.07, 6.45) is 5.54. The largest absolute Gasteiger partial charge is 0.0984 e. The van der Waals surface area contributed by atoms with E-state index < -0.39 is 0 Å². The maximum atomic E-state index is 8.07. The number of benzene rings is 1. The van der Waals surface area contributed by atoms with Crippen molar-refractivity contribution in [1.82, 2.24) is 0 Å². The highest BCUT2D eigenvalue weighted by atomic mass is 15.1. The molecule has 14 heavy (non-hydrogen) atoms. The molecule has 0 radical (unpaired) electrons. The summed E-state index contributed by atoms with van der Waals surface area (Å²) in [5.41, 5.74) is 10.2. The van der Waals surface area contributed by atoms with Gasteiger partial charge in [-0.15, -0.1) is 0 Å². The smallest absolute Gasteiger partial charge is 0.0443 e. The lowest BCUT2D eigenvalue weighted by molar-refractivity contribution is 1.22. The summed E-state index contributed by atoms with van der Waals surface area (Å²) >= 11 is 0. The van der Waals surface area contributed by atoms with Crippen LogP contribution in [0.1, 0.15) is 11.1 Å². The quantitative estimate of drug-likeness (QED) is 0.390. The Balaban J connectivity index is 2.79. The molecule has 1 rings (SSSR count). The van der Waals surface area contributed by atoms with Gasteiger partial charge in [-0.1, -0.05) is 54.2 Å². The predicted octanol–water partition coefficient (Wildman–Crippen LogP) is 3.65. The van der Waals surface area contributed by atoms with Crippen LogP contribution in [0.3, 0.4) is 0 Å². The van der Waals surface area contributed by atoms with Crippen molar-refractivity contribution >= 4 is 12.2 Å². The van der Waals surface area contributed by atoms with Gasteiger partial charge in [0.2, 0.25) is 0 Å². The van der Waals surface area contributed by atoms with Crippen molar-refractivity contribution in [3.05, 3.63) is 58.5 Å². The Kier molecular flexibility index (Phi) is 4.05. The molecule has 0 heterocycles. The molecule has 70 valence electrons. The number of nitrogens with zero attached hydrogens (tertiary/aromatic N) is 3. The van der Waals surface area contributed by atoms with Crippen LogP contribution in [-0.4, -0.2) is 6.54 Å². The SMILES string of the molecule is C=Cc1ccccc1C=CCN=[N+]=[N-]. The summed E-state index contributed by atoms with van der Waals surface area (Å²) in [6.45, 7) is 4.10. The van der Waals surface area contributed by atoms with E-state index in [0.29, 0.717) is 6.54 Å². The zero-order valence-corrected chi connectivity index (χ0v) is 7.80. The van der Waals surface area contributed by atoms with E-state index in [2.05, 4.69) is 16.6 Å². The highest BCUT2D eigenvalue weighted by Gasteiger charge is 1.91. The molecule has 0 saturated heterocycles. The molecule has 0 spiro atoms. The van der Waals surface area contributed by atoms with E-state index in [1.807, 2.05) is 36.4 Å². The first-order valence-corrected chi connectivity index (χ1v) is 4.27. The van der Waals surface area contributed by atoms with Gasteiger partial charge < -0.3 is 0 Å². The fraction of sp³-hybridized carbons (Fsp3) is 0.0909. The van der Waals surface area contributed by atoms with E-state index in [-0.39, 0.29) is 0 Å². The van der Waals surface area contributed by atoms with Crippen LogP contribution in [0.5, 0.6) is 0 Å². The van der Waals surface area contributed by atoms with E-state index >= 15 is 0 Å². The predicted molar refractivity (Wildman–Crippen MR) is 59.6 cm³/mol. The third-order valence-corrected chi connectivity index (χ3v) is 1.76. The van der Waals surface area contributed by atoms with Gasteiger partial charge in [-0.05, 0) is 16.7 Å². The normalized spacial score (nSPS) is 9.71. The van der Waals surface area contributed by atoms with E-state index in [9.17, 15) is 0 Å². The Morgan fingerprint density at radius 2 is 2.07 bits per heavy atom. The summed E-state index contributed by atoms with van der Waals surface area (Å²) in [5.74, 6) is 0. The zero-order chi connectivity index (χ0) is 10.2. The molecule has 3 heteroatoms. The van der Waals surface area contributed by atoms with Gasteiger partial charge in [0.15, 0.2) is 0 Å². The van der Waals surface area contributed by atoms with Crippen LogP contribution in [-0.2, 0) is 0 Å². The van der Waals surface area contributed by atoms with E-state index in [0.717, 1.165) is 11.1 Å². The van der Waals surface area contributed by atoms with Gasteiger partial charge in [-0.25, -0.2) is 0 Å². The molecular formula is C11H11N3. The monoisotopic (exact) mass is 185 g/mol. The van der Waals surface area contributed by atoms with Crippen LogP contribution >= 0.6 is 0 Å². The topological polar surface area (TPSA) is 48.8 Å². The van der Waals surface area contributed by atoms with Crippen LogP contribution in [0, 0.1) is 0 Å². The molecule has 3 nitrogen and oxygen atoms in total. The van der Waals surface area contributed by atoms with Crippen molar-refractivity contribution in [2.24, 2.45) is 5.11 Å². The van der Waals surface area contributed by atoms with Crippen LogP contribution in [0.4, 0.5) is 0 Å². The molecule has 0 saturated carbocycles. The first kappa shape index (κ1) is 10.1. The standard InChI is InChI=1S/C11H11N3/c1-2-10-6-3-4-7-11(10)8-5-9-13-14-12/h2-8H,1,9H2. The van der Waals surface area contributed by atoms with Crippen molar-refractivity contribution in [3.63, 3.8) is 0 Å². The van der Waals surface area contributed by atoms with Crippen LogP contribution < -0.4 is 0 Å². The van der Waals surface area contributed by atoms with Gasteiger partial charge in [0.25, 0.3) is 0 Å². The second-order valence-electron chi connectivity index (χ2n) is 2.65. The Labute approximate surface area is 83.0 Å². The van der Waals surface area contributed by atoms with Crippen molar-refractivity contribution in [2.75, 3.05) is 6.54 Å². The molecule has 0 aliphatic heterocycles. The van der Waals surface area contributed by atoms with E-state index in [1.54, 1.807) is 6.08 Å². The van der Waals surface area contributed by atoms with Gasteiger partial charge in [-0.2, -0.15) is 0 Å². The summed E-state index contributed by atoms with van der Waals surface area (Å²) in [4.78, 5) is 2.66. The average molecular weight is 185 g/mol. The molecule has 0 unspecified atom stereocenters. The molecule has 0 amide bonds. The second-order valence-corrected chi connectivity index (χ2v) is 2.65. The first-order valence-electron chi connectivity index (χ1n) is 4.27. The lowest BCUT2D eigenvalue weighted by Crippen LogP contribution is -1.78. The summed E-state index contributed by atoms with van der Waals surface area (Å²) in [7, 11) is 0. The first-order chi connectivity index (χ1) is 6.88. The number of hydrogen-bond acceptors (Lipinski definition) is 1. The maximum absolute atomic E-state index is 8.07. The summed E-state index contributed by atoms with van der Waals surface area (Å²) in [5, 5.41) is 3.41. The molecule has 0 fully saturated rings. The minimum Gasteiger partial charge on any atom is -0.0984 e. The highest BCUT2D eigenvalue weighted by molar-refractivity contribution is 5.64. The Morgan fingerprint density at radius 3 is 2.71 bits per heavy atom. The van der Waals surface area contributed by atoms with Gasteiger partial charge >= 0.3 is 0 Å². The maximum Gasteiger partial charge on any atom is 0.0443 e. The molecule has 0 N–H and O–H groups in total. The number of hydrogen-bond donors (Lipinski definition) is 0. The fourth-order valence-corrected chi connectivity index (χ4v) is 1.11. The van der Waals surface area contributed by atoms with Gasteiger partial charge in [0.05, 0.1) is 0 Å². The highest BCUT2D eigenvalue weighted by Crippen LogP contribution is 2.11. The van der Waals surface area contributed by atoms with Gasteiger partial charge in [0.1, 0.15) is 0 Å². The third-order valence-electron chi connectivity index (χ3n) is 1.76. The van der Waals surface area contributed by atoms with Crippen molar-refractivity contribution in [3.8, 4) is 0 Å². The molecule has 1 aromatic rings. The Hall–Kier alpha value is -1.99. The van der Waals surface area contributed by atoms with Gasteiger partial charge in [-0.3, -0.25) is 0 Å². The minimum absolute atomic E-state index is 0.377. The second kappa shape index (κ2) is 5.62. The zero-order valence-electron chi connectivity index (χ0n) is 7.80. The number of azide groups is 1. The molecule has 0 aromatic heterocycles. The Morgan fingerprint density at radius 1 is 1.36 bits per heavy atom. The summed E-state index contributed by atoms with van der Waals surface area (Å²) < 4.78 is 0. The van der Waals surface area contributed by atoms with Crippen LogP contribution in [0.2, 0.25) is 0 Å². The van der Waals surface area contributed by atoms with Crippen molar-refractivity contribution in [1.29, 1.82) is 0 Å². The van der Waals surface area contributed by atoms with E-state index in [4.69, 9.17) is 5.53 Å². The molecule has 0 aliphatic rings. The van der Waals surface area contributed by atoms with Crippen molar-refractivity contribution in [2.45, 2.75) is 0 Å². The lowest BCUT2D eigenvalue weighted by Gasteiger charge is -1.98. The van der Waals surface area contributed by atoms with Crippen molar-refractivity contribution < 1.29 is 0 Å². The molecule has 0 bridgehead atoms. The van der Waals surface area contributed by atoms with Crippen LogP contribution in [0.25, 0.3) is 22.6 Å². The minimum atomic E-state index is 0.377. The fourth-order valence-electron chi connectivity index (χ4n) is 1.11. The molecular weight excluding hydrogens is 174 g/mol. The molecule has 1 aromatic carbocycles. The molecule has 0 atom stereocenters. The van der Waals surface area contributed by atoms with E-state index in [1.165, 1.54) is 0 Å². The third kappa shape index (κ3) is 2.81.